The maximum absolute atomic E-state index is 5.74. The molecule has 2 aromatic heterocycles. The van der Waals surface area contributed by atoms with Crippen LogP contribution < -0.4 is 4.90 Å². The molecular weight excluding hydrogens is 296 g/mol. The predicted octanol–water partition coefficient (Wildman–Crippen LogP) is 2.11. The first kappa shape index (κ1) is 11.9. The first-order valence-electron chi connectivity index (χ1n) is 6.04. The van der Waals surface area contributed by atoms with E-state index < -0.39 is 0 Å². The highest BCUT2D eigenvalue weighted by molar-refractivity contribution is 9.10. The molecule has 1 unspecified atom stereocenters. The molecule has 0 saturated carbocycles. The van der Waals surface area contributed by atoms with Crippen LogP contribution in [0, 0.1) is 0 Å². The molecule has 0 amide bonds. The highest BCUT2D eigenvalue weighted by Gasteiger charge is 2.23. The summed E-state index contributed by atoms with van der Waals surface area (Å²) < 4.78 is 8.41. The van der Waals surface area contributed by atoms with Crippen LogP contribution in [0.25, 0.3) is 5.65 Å². The zero-order valence-corrected chi connectivity index (χ0v) is 12.0. The van der Waals surface area contributed by atoms with Crippen molar-refractivity contribution in [3.05, 3.63) is 22.9 Å². The Labute approximate surface area is 114 Å². The molecule has 5 nitrogen and oxygen atoms in total. The largest absolute Gasteiger partial charge is 0.372 e. The SMILES string of the molecule is CC1CN(c2ccc3ncc(Br)n3n2)C[C@H](C)O1. The van der Waals surface area contributed by atoms with E-state index in [-0.39, 0.29) is 12.2 Å². The molecule has 1 saturated heterocycles. The summed E-state index contributed by atoms with van der Waals surface area (Å²) in [6, 6.07) is 4.00. The highest BCUT2D eigenvalue weighted by Crippen LogP contribution is 2.20. The fraction of sp³-hybridized carbons (Fsp3) is 0.500. The highest BCUT2D eigenvalue weighted by atomic mass is 79.9. The molecule has 3 rings (SSSR count). The van der Waals surface area contributed by atoms with Crippen LogP contribution in [0.4, 0.5) is 5.82 Å². The average Bonchev–Trinajstić information content (AvgIpc) is 2.69. The smallest absolute Gasteiger partial charge is 0.154 e. The lowest BCUT2D eigenvalue weighted by molar-refractivity contribution is -0.00551. The number of morpholine rings is 1. The molecule has 2 aromatic rings. The van der Waals surface area contributed by atoms with Gasteiger partial charge in [0.15, 0.2) is 5.65 Å². The van der Waals surface area contributed by atoms with Gasteiger partial charge in [0.25, 0.3) is 0 Å². The maximum atomic E-state index is 5.74. The van der Waals surface area contributed by atoms with Crippen LogP contribution in [-0.4, -0.2) is 39.9 Å². The number of nitrogens with zero attached hydrogens (tertiary/aromatic N) is 4. The van der Waals surface area contributed by atoms with Crippen molar-refractivity contribution in [2.24, 2.45) is 0 Å². The predicted molar refractivity (Wildman–Crippen MR) is 72.9 cm³/mol. The van der Waals surface area contributed by atoms with E-state index in [2.05, 4.69) is 44.8 Å². The Morgan fingerprint density at radius 3 is 2.72 bits per heavy atom. The normalized spacial score (nSPS) is 24.7. The number of ether oxygens (including phenoxy) is 1. The standard InChI is InChI=1S/C12H15BrN4O/c1-8-6-16(7-9(2)18-8)12-4-3-11-14-5-10(13)17(11)15-12/h3-5,8-9H,6-7H2,1-2H3/t8-,9?/m0/s1. The minimum Gasteiger partial charge on any atom is -0.372 e. The van der Waals surface area contributed by atoms with Crippen molar-refractivity contribution in [3.63, 3.8) is 0 Å². The van der Waals surface area contributed by atoms with Gasteiger partial charge in [-0.25, -0.2) is 9.50 Å². The third-order valence-corrected chi connectivity index (χ3v) is 3.59. The maximum Gasteiger partial charge on any atom is 0.154 e. The van der Waals surface area contributed by atoms with Crippen molar-refractivity contribution in [2.45, 2.75) is 26.1 Å². The number of fused-ring (bicyclic) bond motifs is 1. The number of imidazole rings is 1. The summed E-state index contributed by atoms with van der Waals surface area (Å²) in [6.45, 7) is 5.92. The summed E-state index contributed by atoms with van der Waals surface area (Å²) in [7, 11) is 0. The lowest BCUT2D eigenvalue weighted by Gasteiger charge is -2.35. The molecule has 96 valence electrons. The van der Waals surface area contributed by atoms with E-state index in [0.717, 1.165) is 29.2 Å². The van der Waals surface area contributed by atoms with Crippen molar-refractivity contribution in [1.29, 1.82) is 0 Å². The number of hydrogen-bond acceptors (Lipinski definition) is 4. The molecule has 0 aliphatic carbocycles. The Hall–Kier alpha value is -1.14. The first-order valence-corrected chi connectivity index (χ1v) is 6.83. The molecular formula is C12H15BrN4O. The number of anilines is 1. The van der Waals surface area contributed by atoms with Gasteiger partial charge in [-0.05, 0) is 41.9 Å². The Bertz CT molecular complexity index is 560. The van der Waals surface area contributed by atoms with Gasteiger partial charge in [0.2, 0.25) is 0 Å². The molecule has 6 heteroatoms. The third kappa shape index (κ3) is 2.10. The minimum absolute atomic E-state index is 0.234. The van der Waals surface area contributed by atoms with Crippen molar-refractivity contribution in [2.75, 3.05) is 18.0 Å². The van der Waals surface area contributed by atoms with E-state index in [1.165, 1.54) is 0 Å². The van der Waals surface area contributed by atoms with Crippen LogP contribution in [0.5, 0.6) is 0 Å². The molecule has 0 radical (unpaired) electrons. The fourth-order valence-electron chi connectivity index (χ4n) is 2.37. The van der Waals surface area contributed by atoms with Crippen molar-refractivity contribution in [3.8, 4) is 0 Å². The molecule has 3 heterocycles. The van der Waals surface area contributed by atoms with E-state index in [1.54, 1.807) is 10.7 Å². The van der Waals surface area contributed by atoms with Crippen molar-refractivity contribution in [1.82, 2.24) is 14.6 Å². The van der Waals surface area contributed by atoms with Crippen LogP contribution >= 0.6 is 15.9 Å². The lowest BCUT2D eigenvalue weighted by atomic mass is 10.2. The molecule has 1 aliphatic heterocycles. The lowest BCUT2D eigenvalue weighted by Crippen LogP contribution is -2.46. The molecule has 2 atom stereocenters. The molecule has 0 bridgehead atoms. The van der Waals surface area contributed by atoms with Crippen LogP contribution in [0.3, 0.4) is 0 Å². The number of rotatable bonds is 1. The Kier molecular flexibility index (Phi) is 2.99. The molecule has 18 heavy (non-hydrogen) atoms. The van der Waals surface area contributed by atoms with Crippen LogP contribution in [0.1, 0.15) is 13.8 Å². The van der Waals surface area contributed by atoms with Gasteiger partial charge in [-0.1, -0.05) is 0 Å². The monoisotopic (exact) mass is 310 g/mol. The van der Waals surface area contributed by atoms with Gasteiger partial charge < -0.3 is 9.64 Å². The number of halogens is 1. The van der Waals surface area contributed by atoms with Gasteiger partial charge in [0.05, 0.1) is 18.4 Å². The zero-order chi connectivity index (χ0) is 12.7. The van der Waals surface area contributed by atoms with E-state index in [4.69, 9.17) is 4.74 Å². The molecule has 0 spiro atoms. The Balaban J connectivity index is 1.95. The second-order valence-corrected chi connectivity index (χ2v) is 5.52. The number of aromatic nitrogens is 3. The van der Waals surface area contributed by atoms with Crippen LogP contribution in [-0.2, 0) is 4.74 Å². The average molecular weight is 311 g/mol. The summed E-state index contributed by atoms with van der Waals surface area (Å²) >= 11 is 3.44. The summed E-state index contributed by atoms with van der Waals surface area (Å²) in [5, 5.41) is 4.60. The van der Waals surface area contributed by atoms with E-state index in [1.807, 2.05) is 12.1 Å². The van der Waals surface area contributed by atoms with Gasteiger partial charge in [0, 0.05) is 13.1 Å². The number of hydrogen-bond donors (Lipinski definition) is 0. The topological polar surface area (TPSA) is 42.7 Å². The third-order valence-electron chi connectivity index (χ3n) is 3.05. The summed E-state index contributed by atoms with van der Waals surface area (Å²) in [5.41, 5.74) is 0.847. The van der Waals surface area contributed by atoms with Crippen LogP contribution in [0.2, 0.25) is 0 Å². The molecule has 0 N–H and O–H groups in total. The molecule has 1 fully saturated rings. The molecule has 1 aliphatic rings. The fourth-order valence-corrected chi connectivity index (χ4v) is 2.73. The van der Waals surface area contributed by atoms with Gasteiger partial charge in [-0.3, -0.25) is 0 Å². The summed E-state index contributed by atoms with van der Waals surface area (Å²) in [4.78, 5) is 6.50. The van der Waals surface area contributed by atoms with Gasteiger partial charge >= 0.3 is 0 Å². The molecule has 0 aromatic carbocycles. The van der Waals surface area contributed by atoms with Crippen molar-refractivity contribution >= 4 is 27.4 Å². The van der Waals surface area contributed by atoms with Gasteiger partial charge in [-0.2, -0.15) is 0 Å². The Morgan fingerprint density at radius 1 is 1.28 bits per heavy atom. The van der Waals surface area contributed by atoms with Gasteiger partial charge in [0.1, 0.15) is 10.4 Å². The van der Waals surface area contributed by atoms with E-state index in [9.17, 15) is 0 Å². The second-order valence-electron chi connectivity index (χ2n) is 4.70. The zero-order valence-electron chi connectivity index (χ0n) is 10.4. The first-order chi connectivity index (χ1) is 8.63. The second kappa shape index (κ2) is 4.51. The Morgan fingerprint density at radius 2 is 2.00 bits per heavy atom. The summed E-state index contributed by atoms with van der Waals surface area (Å²) in [6.07, 6.45) is 2.23. The minimum atomic E-state index is 0.234. The van der Waals surface area contributed by atoms with Crippen LogP contribution in [0.15, 0.2) is 22.9 Å². The summed E-state index contributed by atoms with van der Waals surface area (Å²) in [5.74, 6) is 0.961. The van der Waals surface area contributed by atoms with Crippen molar-refractivity contribution < 1.29 is 4.74 Å². The quantitative estimate of drug-likeness (QED) is 0.809. The van der Waals surface area contributed by atoms with E-state index >= 15 is 0 Å². The van der Waals surface area contributed by atoms with E-state index in [0.29, 0.717) is 0 Å². The van der Waals surface area contributed by atoms with Gasteiger partial charge in [-0.15, -0.1) is 5.10 Å².